The number of carbonyl (C=O) groups excluding carboxylic acids is 2. The van der Waals surface area contributed by atoms with Crippen LogP contribution in [0.1, 0.15) is 46.5 Å². The molecule has 6 unspecified atom stereocenters. The number of hydrogen-bond acceptors (Lipinski definition) is 6. The van der Waals surface area contributed by atoms with E-state index in [-0.39, 0.29) is 46.4 Å². The number of aromatic nitrogens is 2. The first-order valence-corrected chi connectivity index (χ1v) is 14.4. The number of aryl methyl sites for hydroxylation is 1. The lowest BCUT2D eigenvalue weighted by molar-refractivity contribution is -0.176. The molecule has 0 spiro atoms. The first kappa shape index (κ1) is 25.1. The largest absolute Gasteiger partial charge is 0.393 e. The van der Waals surface area contributed by atoms with Crippen LogP contribution in [0.2, 0.25) is 0 Å². The van der Waals surface area contributed by atoms with Crippen molar-refractivity contribution in [2.45, 2.75) is 63.3 Å². The van der Waals surface area contributed by atoms with Gasteiger partial charge in [0.25, 0.3) is 0 Å². The Morgan fingerprint density at radius 1 is 1.27 bits per heavy atom. The Morgan fingerprint density at radius 3 is 2.78 bits per heavy atom. The van der Waals surface area contributed by atoms with Crippen molar-refractivity contribution in [3.8, 4) is 0 Å². The second kappa shape index (κ2) is 8.39. The quantitative estimate of drug-likeness (QED) is 0.577. The van der Waals surface area contributed by atoms with E-state index in [2.05, 4.69) is 18.8 Å². The molecule has 2 aromatic rings. The van der Waals surface area contributed by atoms with Gasteiger partial charge in [-0.05, 0) is 67.7 Å². The summed E-state index contributed by atoms with van der Waals surface area (Å²) in [5, 5.41) is 24.4. The Morgan fingerprint density at radius 2 is 2.03 bits per heavy atom. The fourth-order valence-corrected chi connectivity index (χ4v) is 9.67. The number of fused-ring (bicyclic) bond motifs is 6. The molecule has 6 nitrogen and oxygen atoms in total. The smallest absolute Gasteiger partial charge is 0.178 e. The van der Waals surface area contributed by atoms with E-state index in [0.717, 1.165) is 34.6 Å². The molecular weight excluding hydrogens is 484 g/mol. The fraction of sp³-hybridized carbons (Fsp3) is 0.567. The number of para-hydroxylation sites is 2. The van der Waals surface area contributed by atoms with Crippen LogP contribution in [0.3, 0.4) is 0 Å². The number of Topliss-reactive ketones (excluding diaryl/α,β-unsaturated/α-hetero) is 1. The second-order valence-electron chi connectivity index (χ2n) is 12.3. The number of rotatable bonds is 4. The number of thioether (sulfide) groups is 1. The molecule has 37 heavy (non-hydrogen) atoms. The number of nitrogens with zero attached hydrogens (tertiary/aromatic N) is 2. The van der Waals surface area contributed by atoms with Crippen LogP contribution in [-0.4, -0.2) is 48.8 Å². The molecule has 3 fully saturated rings. The van der Waals surface area contributed by atoms with Gasteiger partial charge < -0.3 is 14.8 Å². The van der Waals surface area contributed by atoms with E-state index < -0.39 is 17.1 Å². The zero-order valence-corrected chi connectivity index (χ0v) is 22.8. The highest BCUT2D eigenvalue weighted by atomic mass is 32.2. The second-order valence-corrected chi connectivity index (χ2v) is 13.2. The highest BCUT2D eigenvalue weighted by Crippen LogP contribution is 2.67. The molecule has 1 aromatic heterocycles. The summed E-state index contributed by atoms with van der Waals surface area (Å²) in [5.74, 6) is 0.509. The van der Waals surface area contributed by atoms with Gasteiger partial charge in [0, 0.05) is 23.8 Å². The molecule has 2 N–H and O–H groups in total. The monoisotopic (exact) mass is 520 g/mol. The normalized spacial score (nSPS) is 40.8. The zero-order valence-electron chi connectivity index (χ0n) is 22.0. The van der Waals surface area contributed by atoms with Gasteiger partial charge in [-0.3, -0.25) is 9.59 Å². The average Bonchev–Trinajstić information content (AvgIpc) is 3.32. The van der Waals surface area contributed by atoms with Crippen LogP contribution in [0, 0.1) is 34.5 Å². The third-order valence-corrected chi connectivity index (χ3v) is 11.5. The lowest BCUT2D eigenvalue weighted by Gasteiger charge is -2.60. The number of ketones is 2. The van der Waals surface area contributed by atoms with Gasteiger partial charge in [-0.1, -0.05) is 56.3 Å². The number of imidazole rings is 1. The fourth-order valence-electron chi connectivity index (χ4n) is 8.71. The van der Waals surface area contributed by atoms with Crippen molar-refractivity contribution in [1.29, 1.82) is 0 Å². The molecule has 0 aliphatic heterocycles. The molecule has 4 aliphatic rings. The van der Waals surface area contributed by atoms with Crippen molar-refractivity contribution in [2.24, 2.45) is 41.5 Å². The van der Waals surface area contributed by atoms with Gasteiger partial charge in [0.15, 0.2) is 16.7 Å². The predicted octanol–water partition coefficient (Wildman–Crippen LogP) is 4.49. The van der Waals surface area contributed by atoms with Crippen molar-refractivity contribution in [3.63, 3.8) is 0 Å². The highest BCUT2D eigenvalue weighted by Gasteiger charge is 2.68. The summed E-state index contributed by atoms with van der Waals surface area (Å²) in [6, 6.07) is 7.89. The first-order chi connectivity index (χ1) is 17.5. The zero-order chi connectivity index (χ0) is 26.3. The maximum Gasteiger partial charge on any atom is 0.178 e. The van der Waals surface area contributed by atoms with Crippen molar-refractivity contribution in [1.82, 2.24) is 9.55 Å². The van der Waals surface area contributed by atoms with E-state index in [1.54, 1.807) is 12.2 Å². The van der Waals surface area contributed by atoms with Crippen LogP contribution in [0.4, 0.5) is 0 Å². The molecule has 3 saturated carbocycles. The van der Waals surface area contributed by atoms with Gasteiger partial charge in [0.2, 0.25) is 0 Å². The molecule has 1 heterocycles. The minimum Gasteiger partial charge on any atom is -0.393 e. The Hall–Kier alpha value is -2.22. The van der Waals surface area contributed by atoms with E-state index in [4.69, 9.17) is 0 Å². The van der Waals surface area contributed by atoms with Gasteiger partial charge in [-0.25, -0.2) is 4.98 Å². The van der Waals surface area contributed by atoms with Crippen LogP contribution in [-0.2, 0) is 16.6 Å². The molecule has 0 bridgehead atoms. The molecule has 0 amide bonds. The Balaban J connectivity index is 1.27. The van der Waals surface area contributed by atoms with Gasteiger partial charge in [-0.15, -0.1) is 0 Å². The number of benzene rings is 1. The van der Waals surface area contributed by atoms with Crippen molar-refractivity contribution < 1.29 is 19.8 Å². The number of aliphatic hydroxyl groups is 2. The maximum absolute atomic E-state index is 13.7. The Labute approximate surface area is 222 Å². The summed E-state index contributed by atoms with van der Waals surface area (Å²) < 4.78 is 1.99. The van der Waals surface area contributed by atoms with Crippen molar-refractivity contribution in [3.05, 3.63) is 48.1 Å². The van der Waals surface area contributed by atoms with Crippen LogP contribution >= 0.6 is 11.8 Å². The number of allylic oxidation sites excluding steroid dienone is 4. The van der Waals surface area contributed by atoms with Crippen LogP contribution in [0.25, 0.3) is 11.0 Å². The summed E-state index contributed by atoms with van der Waals surface area (Å²) in [7, 11) is 1.95. The molecule has 8 atom stereocenters. The molecule has 0 saturated heterocycles. The lowest BCUT2D eigenvalue weighted by atomic mass is 9.45. The third kappa shape index (κ3) is 3.43. The molecule has 7 heteroatoms. The standard InChI is InChI=1S/C30H36N2O4S/c1-17-13-19-20-10-12-30(36,25(35)16-37-27-31-22-7-5-6-8-23(22)32(27)4)29(20,3)15-24(34)26(19)28(2)11-9-18(33)14-21(17)28/h5-9,11,14,17,19-20,24,26,34,36H,10,12-13,15-16H2,1-4H3/t17-,19?,20?,24?,26?,28?,29?,30-/m0/s1. The Bertz CT molecular complexity index is 1360. The van der Waals surface area contributed by atoms with E-state index in [1.165, 1.54) is 11.8 Å². The minimum absolute atomic E-state index is 0.0202. The average molecular weight is 521 g/mol. The molecule has 6 rings (SSSR count). The molecule has 1 aromatic carbocycles. The van der Waals surface area contributed by atoms with E-state index >= 15 is 0 Å². The summed E-state index contributed by atoms with van der Waals surface area (Å²) >= 11 is 1.37. The molecule has 196 valence electrons. The number of hydrogen-bond donors (Lipinski definition) is 2. The maximum atomic E-state index is 13.7. The van der Waals surface area contributed by atoms with E-state index in [1.807, 2.05) is 48.9 Å². The lowest BCUT2D eigenvalue weighted by Crippen LogP contribution is -2.62. The summed E-state index contributed by atoms with van der Waals surface area (Å²) in [6.45, 7) is 6.35. The van der Waals surface area contributed by atoms with Crippen LogP contribution < -0.4 is 0 Å². The summed E-state index contributed by atoms with van der Waals surface area (Å²) in [5.41, 5.74) is 0.477. The third-order valence-electron chi connectivity index (χ3n) is 10.5. The molecule has 0 radical (unpaired) electrons. The summed E-state index contributed by atoms with van der Waals surface area (Å²) in [4.78, 5) is 30.6. The minimum atomic E-state index is -1.47. The van der Waals surface area contributed by atoms with Gasteiger partial charge in [-0.2, -0.15) is 0 Å². The first-order valence-electron chi connectivity index (χ1n) is 13.4. The van der Waals surface area contributed by atoms with Crippen molar-refractivity contribution in [2.75, 3.05) is 5.75 Å². The number of carbonyl (C=O) groups is 2. The SMILES string of the molecule is C[C@H]1CC2C(C(O)CC3(C)C2CC[C@]3(O)C(=O)CSc2nc3ccccc3n2C)C2(C)C=CC(=O)C=C12. The Kier molecular flexibility index (Phi) is 5.69. The van der Waals surface area contributed by atoms with Crippen LogP contribution in [0.15, 0.2) is 53.2 Å². The topological polar surface area (TPSA) is 92.4 Å². The summed E-state index contributed by atoms with van der Waals surface area (Å²) in [6.07, 6.45) is 7.21. The predicted molar refractivity (Wildman–Crippen MR) is 144 cm³/mol. The van der Waals surface area contributed by atoms with E-state index in [0.29, 0.717) is 12.8 Å². The van der Waals surface area contributed by atoms with Gasteiger partial charge in [0.05, 0.1) is 22.9 Å². The highest BCUT2D eigenvalue weighted by molar-refractivity contribution is 7.99. The van der Waals surface area contributed by atoms with E-state index in [9.17, 15) is 19.8 Å². The molecule has 4 aliphatic carbocycles. The van der Waals surface area contributed by atoms with Gasteiger partial charge >= 0.3 is 0 Å². The number of aliphatic hydroxyl groups excluding tert-OH is 1. The van der Waals surface area contributed by atoms with Crippen molar-refractivity contribution >= 4 is 34.4 Å². The van der Waals surface area contributed by atoms with Gasteiger partial charge in [0.1, 0.15) is 5.60 Å². The molecular formula is C30H36N2O4S. The van der Waals surface area contributed by atoms with Crippen LogP contribution in [0.5, 0.6) is 0 Å².